The molecule has 0 aromatic carbocycles. The molecule has 0 saturated carbocycles. The topological polar surface area (TPSA) is 145 Å². The first-order chi connectivity index (χ1) is 9.95. The van der Waals surface area contributed by atoms with Gasteiger partial charge in [-0.2, -0.15) is 0 Å². The number of nitrogen functional groups attached to an aromatic ring is 1. The summed E-state index contributed by atoms with van der Waals surface area (Å²) in [5, 5.41) is 18.0. The van der Waals surface area contributed by atoms with E-state index in [2.05, 4.69) is 25.9 Å². The zero-order valence-electron chi connectivity index (χ0n) is 11.7. The van der Waals surface area contributed by atoms with E-state index in [-0.39, 0.29) is 23.4 Å². The van der Waals surface area contributed by atoms with Crippen LogP contribution in [-0.2, 0) is 0 Å². The van der Waals surface area contributed by atoms with Crippen LogP contribution in [0, 0.1) is 24.0 Å². The molecule has 10 heteroatoms. The maximum atomic E-state index is 11.2. The highest BCUT2D eigenvalue weighted by atomic mass is 16.6. The minimum atomic E-state index is -0.600. The molecule has 0 saturated heterocycles. The highest BCUT2D eigenvalue weighted by Gasteiger charge is 2.25. The Hall–Kier alpha value is -2.75. The summed E-state index contributed by atoms with van der Waals surface area (Å²) in [4.78, 5) is 18.2. The zero-order chi connectivity index (χ0) is 15.6. The molecule has 2 rings (SSSR count). The van der Waals surface area contributed by atoms with Crippen molar-refractivity contribution in [3.8, 4) is 0 Å². The number of hydrazine groups is 1. The molecule has 0 fully saturated rings. The van der Waals surface area contributed by atoms with Gasteiger partial charge in [-0.3, -0.25) is 10.1 Å². The Balaban J connectivity index is 2.38. The molecule has 1 atom stereocenters. The van der Waals surface area contributed by atoms with Crippen LogP contribution in [0.5, 0.6) is 0 Å². The van der Waals surface area contributed by atoms with Gasteiger partial charge < -0.3 is 15.3 Å². The third kappa shape index (κ3) is 2.74. The lowest BCUT2D eigenvalue weighted by molar-refractivity contribution is -0.383. The van der Waals surface area contributed by atoms with E-state index >= 15 is 0 Å². The third-order valence-corrected chi connectivity index (χ3v) is 3.02. The van der Waals surface area contributed by atoms with Gasteiger partial charge in [0.1, 0.15) is 12.1 Å². The summed E-state index contributed by atoms with van der Waals surface area (Å²) in [7, 11) is 0. The maximum Gasteiger partial charge on any atom is 0.354 e. The molecular formula is C11H15N7O3. The van der Waals surface area contributed by atoms with E-state index in [1.54, 1.807) is 13.8 Å². The minimum absolute atomic E-state index is 0.0652. The van der Waals surface area contributed by atoms with Crippen molar-refractivity contribution in [3.05, 3.63) is 33.5 Å². The lowest BCUT2D eigenvalue weighted by atomic mass is 10.1. The summed E-state index contributed by atoms with van der Waals surface area (Å²) in [5.74, 6) is 5.87. The first-order valence-electron chi connectivity index (χ1n) is 6.11. The molecule has 112 valence electrons. The number of nitrogens with one attached hydrogen (secondary N) is 2. The largest absolute Gasteiger partial charge is 0.361 e. The van der Waals surface area contributed by atoms with Crippen molar-refractivity contribution in [2.24, 2.45) is 5.84 Å². The van der Waals surface area contributed by atoms with Gasteiger partial charge in [0.05, 0.1) is 16.7 Å². The second-order valence-electron chi connectivity index (χ2n) is 4.42. The average Bonchev–Trinajstić information content (AvgIpc) is 2.77. The van der Waals surface area contributed by atoms with Crippen molar-refractivity contribution >= 4 is 17.3 Å². The van der Waals surface area contributed by atoms with E-state index in [4.69, 9.17) is 10.4 Å². The number of hydrogen-bond donors (Lipinski definition) is 3. The molecule has 1 unspecified atom stereocenters. The van der Waals surface area contributed by atoms with Crippen molar-refractivity contribution in [1.29, 1.82) is 0 Å². The van der Waals surface area contributed by atoms with Crippen LogP contribution in [0.15, 0.2) is 10.9 Å². The Bertz CT molecular complexity index is 650. The highest BCUT2D eigenvalue weighted by Crippen LogP contribution is 2.32. The molecule has 0 amide bonds. The smallest absolute Gasteiger partial charge is 0.354 e. The van der Waals surface area contributed by atoms with Gasteiger partial charge in [0.15, 0.2) is 0 Å². The molecule has 0 spiro atoms. The van der Waals surface area contributed by atoms with Crippen LogP contribution >= 0.6 is 0 Å². The van der Waals surface area contributed by atoms with E-state index in [9.17, 15) is 10.1 Å². The summed E-state index contributed by atoms with van der Waals surface area (Å²) >= 11 is 0. The van der Waals surface area contributed by atoms with Crippen LogP contribution < -0.4 is 16.6 Å². The van der Waals surface area contributed by atoms with E-state index in [0.717, 1.165) is 5.56 Å². The molecule has 2 heterocycles. The van der Waals surface area contributed by atoms with Crippen LogP contribution in [0.4, 0.5) is 17.3 Å². The fraction of sp³-hybridized carbons (Fsp3) is 0.364. The Morgan fingerprint density at radius 2 is 2.05 bits per heavy atom. The van der Waals surface area contributed by atoms with E-state index in [1.807, 2.05) is 6.92 Å². The van der Waals surface area contributed by atoms with Crippen LogP contribution in [-0.4, -0.2) is 20.0 Å². The molecule has 0 radical (unpaired) electrons. The quantitative estimate of drug-likeness (QED) is 0.423. The standard InChI is InChI=1S/C11H15N7O3/c1-5(8-6(2)17-21-7(8)3)15-10-9(18(19)20)11(16-12)14-4-13-10/h4-5H,12H2,1-3H3,(H2,13,14,15,16). The summed E-state index contributed by atoms with van der Waals surface area (Å²) in [5.41, 5.74) is 3.40. The van der Waals surface area contributed by atoms with Crippen molar-refractivity contribution in [2.45, 2.75) is 26.8 Å². The predicted octanol–water partition coefficient (Wildman–Crippen LogP) is 1.45. The predicted molar refractivity (Wildman–Crippen MR) is 74.5 cm³/mol. The average molecular weight is 293 g/mol. The van der Waals surface area contributed by atoms with Gasteiger partial charge >= 0.3 is 5.69 Å². The monoisotopic (exact) mass is 293 g/mol. The number of aryl methyl sites for hydroxylation is 2. The van der Waals surface area contributed by atoms with Gasteiger partial charge in [0, 0.05) is 5.56 Å². The molecule has 21 heavy (non-hydrogen) atoms. The van der Waals surface area contributed by atoms with Gasteiger partial charge in [-0.1, -0.05) is 5.16 Å². The van der Waals surface area contributed by atoms with E-state index < -0.39 is 4.92 Å². The van der Waals surface area contributed by atoms with Crippen molar-refractivity contribution in [3.63, 3.8) is 0 Å². The summed E-state index contributed by atoms with van der Waals surface area (Å²) in [6.07, 6.45) is 1.19. The van der Waals surface area contributed by atoms with E-state index in [1.165, 1.54) is 6.33 Å². The lowest BCUT2D eigenvalue weighted by Gasteiger charge is -2.14. The van der Waals surface area contributed by atoms with Crippen molar-refractivity contribution in [1.82, 2.24) is 15.1 Å². The van der Waals surface area contributed by atoms with Crippen molar-refractivity contribution < 1.29 is 9.45 Å². The molecule has 4 N–H and O–H groups in total. The van der Waals surface area contributed by atoms with Crippen LogP contribution in [0.3, 0.4) is 0 Å². The Morgan fingerprint density at radius 1 is 1.38 bits per heavy atom. The fourth-order valence-electron chi connectivity index (χ4n) is 2.15. The van der Waals surface area contributed by atoms with Gasteiger partial charge in [-0.05, 0) is 20.8 Å². The number of nitrogens with zero attached hydrogens (tertiary/aromatic N) is 4. The zero-order valence-corrected chi connectivity index (χ0v) is 11.7. The number of anilines is 2. The molecular weight excluding hydrogens is 278 g/mol. The molecule has 0 aliphatic rings. The molecule has 0 aliphatic heterocycles. The fourth-order valence-corrected chi connectivity index (χ4v) is 2.15. The summed E-state index contributed by atoms with van der Waals surface area (Å²) < 4.78 is 5.09. The summed E-state index contributed by atoms with van der Waals surface area (Å²) in [6.45, 7) is 5.40. The molecule has 0 aliphatic carbocycles. The SMILES string of the molecule is Cc1noc(C)c1C(C)Nc1ncnc(NN)c1[N+](=O)[O-]. The normalized spacial score (nSPS) is 12.0. The molecule has 2 aromatic heterocycles. The van der Waals surface area contributed by atoms with Gasteiger partial charge in [-0.15, -0.1) is 0 Å². The van der Waals surface area contributed by atoms with Crippen molar-refractivity contribution in [2.75, 3.05) is 10.7 Å². The second-order valence-corrected chi connectivity index (χ2v) is 4.42. The van der Waals surface area contributed by atoms with Gasteiger partial charge in [-0.25, -0.2) is 15.8 Å². The number of nitrogens with two attached hydrogens (primary N) is 1. The lowest BCUT2D eigenvalue weighted by Crippen LogP contribution is -2.15. The number of nitro groups is 1. The Kier molecular flexibility index (Phi) is 3.98. The first kappa shape index (κ1) is 14.7. The van der Waals surface area contributed by atoms with E-state index in [0.29, 0.717) is 11.5 Å². The minimum Gasteiger partial charge on any atom is -0.361 e. The molecule has 10 nitrogen and oxygen atoms in total. The summed E-state index contributed by atoms with van der Waals surface area (Å²) in [6, 6.07) is -0.282. The molecule has 0 bridgehead atoms. The highest BCUT2D eigenvalue weighted by molar-refractivity contribution is 5.69. The Labute approximate surface area is 119 Å². The molecule has 2 aromatic rings. The maximum absolute atomic E-state index is 11.2. The Morgan fingerprint density at radius 3 is 2.57 bits per heavy atom. The number of hydrogen-bond acceptors (Lipinski definition) is 9. The van der Waals surface area contributed by atoms with Crippen LogP contribution in [0.1, 0.15) is 30.0 Å². The van der Waals surface area contributed by atoms with Crippen LogP contribution in [0.25, 0.3) is 0 Å². The van der Waals surface area contributed by atoms with Gasteiger partial charge in [0.2, 0.25) is 11.6 Å². The number of aromatic nitrogens is 3. The second kappa shape index (κ2) is 5.71. The number of rotatable bonds is 5. The first-order valence-corrected chi connectivity index (χ1v) is 6.11. The van der Waals surface area contributed by atoms with Gasteiger partial charge in [0.25, 0.3) is 0 Å². The van der Waals surface area contributed by atoms with Crippen LogP contribution in [0.2, 0.25) is 0 Å². The third-order valence-electron chi connectivity index (χ3n) is 3.02.